The van der Waals surface area contributed by atoms with E-state index in [0.29, 0.717) is 0 Å². The molecule has 0 bridgehead atoms. The maximum absolute atomic E-state index is 4.68. The number of hydrogen-bond acceptors (Lipinski definition) is 2. The summed E-state index contributed by atoms with van der Waals surface area (Å²) < 4.78 is 0. The summed E-state index contributed by atoms with van der Waals surface area (Å²) in [7, 11) is 4.18. The summed E-state index contributed by atoms with van der Waals surface area (Å²) >= 11 is 0. The Morgan fingerprint density at radius 1 is 1.05 bits per heavy atom. The largest absolute Gasteiger partial charge is 0.378 e. The fourth-order valence-electron chi connectivity index (χ4n) is 2.56. The molecule has 0 fully saturated rings. The van der Waals surface area contributed by atoms with Crippen LogP contribution >= 0.6 is 0 Å². The highest BCUT2D eigenvalue weighted by molar-refractivity contribution is 5.88. The Kier molecular flexibility index (Phi) is 4.41. The number of benzene rings is 1. The van der Waals surface area contributed by atoms with Crippen molar-refractivity contribution in [2.45, 2.75) is 39.5 Å². The van der Waals surface area contributed by atoms with E-state index in [1.807, 2.05) is 6.20 Å². The average molecular weight is 256 g/mol. The molecule has 0 aliphatic rings. The zero-order valence-electron chi connectivity index (χ0n) is 12.5. The summed E-state index contributed by atoms with van der Waals surface area (Å²) in [6, 6.07) is 6.66. The molecule has 0 aliphatic carbocycles. The molecule has 0 radical (unpaired) electrons. The van der Waals surface area contributed by atoms with Crippen LogP contribution in [0.3, 0.4) is 0 Å². The quantitative estimate of drug-likeness (QED) is 0.796. The van der Waals surface area contributed by atoms with Crippen molar-refractivity contribution >= 4 is 16.5 Å². The lowest BCUT2D eigenvalue weighted by molar-refractivity contribution is 0.836. The Balaban J connectivity index is 2.62. The Labute approximate surface area is 116 Å². The molecule has 0 aliphatic heterocycles. The van der Waals surface area contributed by atoms with Gasteiger partial charge in [0.1, 0.15) is 0 Å². The van der Waals surface area contributed by atoms with Gasteiger partial charge in [-0.15, -0.1) is 0 Å². The van der Waals surface area contributed by atoms with Gasteiger partial charge in [0, 0.05) is 37.1 Å². The molecule has 0 spiro atoms. The lowest BCUT2D eigenvalue weighted by atomic mass is 9.98. The Morgan fingerprint density at radius 2 is 1.79 bits per heavy atom. The summed E-state index contributed by atoms with van der Waals surface area (Å²) in [5.41, 5.74) is 4.00. The summed E-state index contributed by atoms with van der Waals surface area (Å²) in [6.45, 7) is 4.46. The van der Waals surface area contributed by atoms with Crippen LogP contribution in [0.4, 0.5) is 5.69 Å². The maximum Gasteiger partial charge on any atom is 0.0441 e. The van der Waals surface area contributed by atoms with Gasteiger partial charge in [-0.1, -0.05) is 32.8 Å². The third kappa shape index (κ3) is 2.89. The molecule has 1 aromatic heterocycles. The Morgan fingerprint density at radius 3 is 2.42 bits per heavy atom. The fraction of sp³-hybridized carbons (Fsp3) is 0.471. The van der Waals surface area contributed by atoms with Gasteiger partial charge in [-0.2, -0.15) is 0 Å². The van der Waals surface area contributed by atoms with Crippen molar-refractivity contribution < 1.29 is 0 Å². The van der Waals surface area contributed by atoms with Crippen LogP contribution in [0.15, 0.2) is 24.4 Å². The van der Waals surface area contributed by atoms with E-state index in [2.05, 4.69) is 56.0 Å². The monoisotopic (exact) mass is 256 g/mol. The van der Waals surface area contributed by atoms with Gasteiger partial charge < -0.3 is 4.90 Å². The summed E-state index contributed by atoms with van der Waals surface area (Å²) in [4.78, 5) is 6.84. The SMILES string of the molecule is CCCc1ncc2ccc(N(C)C)cc2c1CCC. The third-order valence-electron chi connectivity index (χ3n) is 3.57. The van der Waals surface area contributed by atoms with Crippen molar-refractivity contribution in [1.82, 2.24) is 4.98 Å². The first kappa shape index (κ1) is 13.9. The van der Waals surface area contributed by atoms with E-state index in [4.69, 9.17) is 0 Å². The van der Waals surface area contributed by atoms with E-state index >= 15 is 0 Å². The molecule has 1 heterocycles. The molecule has 0 saturated heterocycles. The molecule has 2 heteroatoms. The number of anilines is 1. The van der Waals surface area contributed by atoms with Crippen LogP contribution in [0.1, 0.15) is 37.9 Å². The molecule has 1 aromatic carbocycles. The van der Waals surface area contributed by atoms with Crippen molar-refractivity contribution in [2.75, 3.05) is 19.0 Å². The van der Waals surface area contributed by atoms with Gasteiger partial charge in [-0.05, 0) is 35.9 Å². The van der Waals surface area contributed by atoms with Gasteiger partial charge in [0.15, 0.2) is 0 Å². The third-order valence-corrected chi connectivity index (χ3v) is 3.57. The van der Waals surface area contributed by atoms with Crippen molar-refractivity contribution in [3.63, 3.8) is 0 Å². The summed E-state index contributed by atoms with van der Waals surface area (Å²) in [5.74, 6) is 0. The number of rotatable bonds is 5. The number of pyridine rings is 1. The van der Waals surface area contributed by atoms with Crippen LogP contribution in [-0.2, 0) is 12.8 Å². The minimum Gasteiger partial charge on any atom is -0.378 e. The molecule has 2 nitrogen and oxygen atoms in total. The topological polar surface area (TPSA) is 16.1 Å². The molecule has 0 unspecified atom stereocenters. The van der Waals surface area contributed by atoms with E-state index < -0.39 is 0 Å². The van der Waals surface area contributed by atoms with E-state index in [1.54, 1.807) is 0 Å². The average Bonchev–Trinajstić information content (AvgIpc) is 2.41. The van der Waals surface area contributed by atoms with Crippen molar-refractivity contribution in [3.05, 3.63) is 35.7 Å². The standard InChI is InChI=1S/C17H24N2/c1-5-7-15-16-11-14(19(3)4)10-9-13(16)12-18-17(15)8-6-2/h9-12H,5-8H2,1-4H3. The van der Waals surface area contributed by atoms with E-state index in [0.717, 1.165) is 19.3 Å². The number of nitrogens with zero attached hydrogens (tertiary/aromatic N) is 2. The van der Waals surface area contributed by atoms with Crippen LogP contribution in [0.5, 0.6) is 0 Å². The zero-order valence-corrected chi connectivity index (χ0v) is 12.5. The highest BCUT2D eigenvalue weighted by Gasteiger charge is 2.09. The highest BCUT2D eigenvalue weighted by Crippen LogP contribution is 2.27. The van der Waals surface area contributed by atoms with Crippen LogP contribution in [-0.4, -0.2) is 19.1 Å². The Hall–Kier alpha value is -1.57. The number of fused-ring (bicyclic) bond motifs is 1. The van der Waals surface area contributed by atoms with Crippen LogP contribution in [0.25, 0.3) is 10.8 Å². The molecule has 2 rings (SSSR count). The second-order valence-corrected chi connectivity index (χ2v) is 5.35. The molecular formula is C17H24N2. The van der Waals surface area contributed by atoms with E-state index in [1.165, 1.54) is 34.1 Å². The first-order valence-corrected chi connectivity index (χ1v) is 7.25. The van der Waals surface area contributed by atoms with Gasteiger partial charge in [-0.3, -0.25) is 4.98 Å². The fourth-order valence-corrected chi connectivity index (χ4v) is 2.56. The van der Waals surface area contributed by atoms with Crippen molar-refractivity contribution in [3.8, 4) is 0 Å². The molecule has 19 heavy (non-hydrogen) atoms. The molecule has 0 saturated carbocycles. The van der Waals surface area contributed by atoms with Crippen LogP contribution in [0.2, 0.25) is 0 Å². The number of aryl methyl sites for hydroxylation is 2. The maximum atomic E-state index is 4.68. The highest BCUT2D eigenvalue weighted by atomic mass is 15.1. The molecule has 0 atom stereocenters. The zero-order chi connectivity index (χ0) is 13.8. The minimum atomic E-state index is 1.08. The summed E-state index contributed by atoms with van der Waals surface area (Å²) in [5, 5.41) is 2.64. The molecule has 0 amide bonds. The first-order chi connectivity index (χ1) is 9.17. The molecule has 102 valence electrons. The second-order valence-electron chi connectivity index (χ2n) is 5.35. The number of aromatic nitrogens is 1. The normalized spacial score (nSPS) is 10.9. The minimum absolute atomic E-state index is 1.08. The van der Waals surface area contributed by atoms with Gasteiger partial charge in [-0.25, -0.2) is 0 Å². The second kappa shape index (κ2) is 6.05. The molecular weight excluding hydrogens is 232 g/mol. The van der Waals surface area contributed by atoms with Gasteiger partial charge >= 0.3 is 0 Å². The van der Waals surface area contributed by atoms with Crippen LogP contribution in [0, 0.1) is 0 Å². The van der Waals surface area contributed by atoms with Crippen LogP contribution < -0.4 is 4.90 Å². The van der Waals surface area contributed by atoms with Crippen molar-refractivity contribution in [2.24, 2.45) is 0 Å². The predicted octanol–water partition coefficient (Wildman–Crippen LogP) is 4.21. The molecule has 0 N–H and O–H groups in total. The van der Waals surface area contributed by atoms with Crippen molar-refractivity contribution in [1.29, 1.82) is 0 Å². The summed E-state index contributed by atoms with van der Waals surface area (Å²) in [6.07, 6.45) is 6.55. The van der Waals surface area contributed by atoms with Gasteiger partial charge in [0.05, 0.1) is 0 Å². The van der Waals surface area contributed by atoms with Gasteiger partial charge in [0.2, 0.25) is 0 Å². The smallest absolute Gasteiger partial charge is 0.0441 e. The lowest BCUT2D eigenvalue weighted by Crippen LogP contribution is -2.08. The van der Waals surface area contributed by atoms with E-state index in [-0.39, 0.29) is 0 Å². The lowest BCUT2D eigenvalue weighted by Gasteiger charge is -2.16. The van der Waals surface area contributed by atoms with Gasteiger partial charge in [0.25, 0.3) is 0 Å². The molecule has 2 aromatic rings. The van der Waals surface area contributed by atoms with E-state index in [9.17, 15) is 0 Å². The predicted molar refractivity (Wildman–Crippen MR) is 84.1 cm³/mol. The number of hydrogen-bond donors (Lipinski definition) is 0. The first-order valence-electron chi connectivity index (χ1n) is 7.25. The Bertz CT molecular complexity index is 558.